The van der Waals surface area contributed by atoms with Crippen molar-refractivity contribution >= 4 is 11.8 Å². The Kier molecular flexibility index (Phi) is 26.6. The number of carbonyl (C=O) groups is 2. The van der Waals surface area contributed by atoms with Crippen molar-refractivity contribution < 1.29 is 9.59 Å². The molecular weight excluding hydrogens is 478 g/mol. The number of amides is 2. The van der Waals surface area contributed by atoms with E-state index in [1.54, 1.807) is 0 Å². The highest BCUT2D eigenvalue weighted by Crippen LogP contribution is 2.21. The Morgan fingerprint density at radius 3 is 1.28 bits per heavy atom. The van der Waals surface area contributed by atoms with Gasteiger partial charge in [0.05, 0.1) is 0 Å². The van der Waals surface area contributed by atoms with Crippen LogP contribution in [0.2, 0.25) is 0 Å². The summed E-state index contributed by atoms with van der Waals surface area (Å²) in [6, 6.07) is 0. The second-order valence-electron chi connectivity index (χ2n) is 12.8. The first-order valence-corrected chi connectivity index (χ1v) is 18.1. The molecule has 1 fully saturated rings. The van der Waals surface area contributed by atoms with Crippen molar-refractivity contribution in [3.05, 3.63) is 0 Å². The molecular formula is C36H69NO2. The molecule has 0 aliphatic carbocycles. The number of carbonyl (C=O) groups excluding carboxylic acids is 2. The third kappa shape index (κ3) is 24.6. The van der Waals surface area contributed by atoms with E-state index in [-0.39, 0.29) is 17.7 Å². The summed E-state index contributed by atoms with van der Waals surface area (Å²) in [6.45, 7) is 2.29. The second-order valence-corrected chi connectivity index (χ2v) is 12.8. The van der Waals surface area contributed by atoms with Crippen molar-refractivity contribution in [1.82, 2.24) is 5.32 Å². The third-order valence-electron chi connectivity index (χ3n) is 9.00. The fourth-order valence-electron chi connectivity index (χ4n) is 6.27. The monoisotopic (exact) mass is 548 g/mol. The van der Waals surface area contributed by atoms with Gasteiger partial charge in [-0.3, -0.25) is 14.9 Å². The molecule has 1 aliphatic heterocycles. The normalized spacial score (nSPS) is 19.7. The molecule has 230 valence electrons. The Labute approximate surface area is 244 Å². The first kappa shape index (κ1) is 36.2. The molecule has 0 saturated carbocycles. The van der Waals surface area contributed by atoms with Crippen LogP contribution in [-0.4, -0.2) is 11.8 Å². The highest BCUT2D eigenvalue weighted by atomic mass is 16.2. The van der Waals surface area contributed by atoms with Gasteiger partial charge in [0.2, 0.25) is 11.8 Å². The molecule has 0 spiro atoms. The Bertz CT molecular complexity index is 546. The lowest BCUT2D eigenvalue weighted by Gasteiger charge is -2.16. The van der Waals surface area contributed by atoms with Crippen LogP contribution in [0.3, 0.4) is 0 Å². The van der Waals surface area contributed by atoms with Crippen molar-refractivity contribution in [1.29, 1.82) is 0 Å². The fourth-order valence-corrected chi connectivity index (χ4v) is 6.27. The lowest BCUT2D eigenvalue weighted by Crippen LogP contribution is -2.35. The minimum absolute atomic E-state index is 0.0128. The number of nitrogens with one attached hydrogen (secondary N) is 1. The van der Waals surface area contributed by atoms with Gasteiger partial charge in [-0.05, 0) is 19.3 Å². The summed E-state index contributed by atoms with van der Waals surface area (Å²) in [6.07, 6.45) is 40.8. The third-order valence-corrected chi connectivity index (χ3v) is 9.00. The minimum atomic E-state index is -0.0464. The second kappa shape index (κ2) is 28.7. The first-order chi connectivity index (χ1) is 19.2. The molecule has 0 aromatic rings. The predicted octanol–water partition coefficient (Wildman–Crippen LogP) is 11.8. The quantitative estimate of drug-likeness (QED) is 0.145. The molecule has 0 aromatic heterocycles. The van der Waals surface area contributed by atoms with E-state index in [4.69, 9.17) is 0 Å². The van der Waals surface area contributed by atoms with E-state index < -0.39 is 0 Å². The first-order valence-electron chi connectivity index (χ1n) is 18.1. The Morgan fingerprint density at radius 1 is 0.487 bits per heavy atom. The maximum Gasteiger partial charge on any atom is 0.229 e. The van der Waals surface area contributed by atoms with E-state index in [2.05, 4.69) is 12.2 Å². The van der Waals surface area contributed by atoms with Crippen molar-refractivity contribution in [3.8, 4) is 0 Å². The molecule has 1 aliphatic rings. The summed E-state index contributed by atoms with van der Waals surface area (Å²) in [5.41, 5.74) is 0. The van der Waals surface area contributed by atoms with Crippen LogP contribution in [0.15, 0.2) is 0 Å². The van der Waals surface area contributed by atoms with Crippen LogP contribution in [-0.2, 0) is 9.59 Å². The van der Waals surface area contributed by atoms with Gasteiger partial charge < -0.3 is 0 Å². The van der Waals surface area contributed by atoms with Crippen molar-refractivity contribution in [2.45, 2.75) is 212 Å². The van der Waals surface area contributed by atoms with Crippen LogP contribution in [0.5, 0.6) is 0 Å². The highest BCUT2D eigenvalue weighted by Gasteiger charge is 2.20. The summed E-state index contributed by atoms with van der Waals surface area (Å²) in [4.78, 5) is 25.3. The standard InChI is InChI=1S/C36H69NO2/c1-2-3-4-5-6-7-8-9-10-11-13-16-19-22-25-28-31-34-32-29-26-23-20-17-14-12-15-18-21-24-27-30-33-35(38)37-36(34)39/h34H,2-33H2,1H3,(H,37,38,39). The fraction of sp³-hybridized carbons (Fsp3) is 0.944. The zero-order valence-corrected chi connectivity index (χ0v) is 26.5. The maximum atomic E-state index is 12.9. The molecule has 1 N–H and O–H groups in total. The van der Waals surface area contributed by atoms with Gasteiger partial charge in [-0.1, -0.05) is 187 Å². The summed E-state index contributed by atoms with van der Waals surface area (Å²) >= 11 is 0. The van der Waals surface area contributed by atoms with Crippen LogP contribution >= 0.6 is 0 Å². The predicted molar refractivity (Wildman–Crippen MR) is 170 cm³/mol. The average Bonchev–Trinajstić information content (AvgIpc) is 2.93. The van der Waals surface area contributed by atoms with Crippen molar-refractivity contribution in [2.24, 2.45) is 5.92 Å². The minimum Gasteiger partial charge on any atom is -0.296 e. The zero-order valence-electron chi connectivity index (χ0n) is 26.5. The van der Waals surface area contributed by atoms with Gasteiger partial charge in [0.1, 0.15) is 0 Å². The molecule has 0 bridgehead atoms. The molecule has 3 heteroatoms. The molecule has 2 amide bonds. The SMILES string of the molecule is CCCCCCCCCCCCCCCCCCC1CCCCCCCCCCCCCCCC(=O)NC1=O. The Balaban J connectivity index is 2.15. The molecule has 0 aromatic carbocycles. The molecule has 39 heavy (non-hydrogen) atoms. The number of imide groups is 1. The highest BCUT2D eigenvalue weighted by molar-refractivity contribution is 5.96. The number of hydrogen-bond donors (Lipinski definition) is 1. The van der Waals surface area contributed by atoms with Crippen LogP contribution < -0.4 is 5.32 Å². The van der Waals surface area contributed by atoms with Crippen molar-refractivity contribution in [2.75, 3.05) is 0 Å². The van der Waals surface area contributed by atoms with Crippen LogP contribution in [0.4, 0.5) is 0 Å². The Morgan fingerprint density at radius 2 is 0.846 bits per heavy atom. The molecule has 1 saturated heterocycles. The number of rotatable bonds is 17. The van der Waals surface area contributed by atoms with Gasteiger partial charge in [-0.2, -0.15) is 0 Å². The largest absolute Gasteiger partial charge is 0.296 e. The van der Waals surface area contributed by atoms with E-state index >= 15 is 0 Å². The molecule has 1 atom stereocenters. The number of unbranched alkanes of at least 4 members (excludes halogenated alkanes) is 15. The van der Waals surface area contributed by atoms with Crippen LogP contribution in [0.1, 0.15) is 212 Å². The summed E-state index contributed by atoms with van der Waals surface area (Å²) in [5.74, 6) is -0.00329. The lowest BCUT2D eigenvalue weighted by molar-refractivity contribution is -0.133. The lowest BCUT2D eigenvalue weighted by atomic mass is 9.93. The summed E-state index contributed by atoms with van der Waals surface area (Å²) in [7, 11) is 0. The Hall–Kier alpha value is -0.860. The molecule has 1 heterocycles. The topological polar surface area (TPSA) is 46.2 Å². The molecule has 0 radical (unpaired) electrons. The van der Waals surface area contributed by atoms with Crippen LogP contribution in [0.25, 0.3) is 0 Å². The zero-order chi connectivity index (χ0) is 28.1. The van der Waals surface area contributed by atoms with Gasteiger partial charge in [-0.15, -0.1) is 0 Å². The van der Waals surface area contributed by atoms with E-state index in [1.165, 1.54) is 161 Å². The molecule has 1 unspecified atom stereocenters. The number of hydrogen-bond acceptors (Lipinski definition) is 2. The van der Waals surface area contributed by atoms with Gasteiger partial charge >= 0.3 is 0 Å². The smallest absolute Gasteiger partial charge is 0.229 e. The van der Waals surface area contributed by atoms with E-state index in [1.807, 2.05) is 0 Å². The molecule has 1 rings (SSSR count). The summed E-state index contributed by atoms with van der Waals surface area (Å²) in [5, 5.41) is 2.77. The molecule has 3 nitrogen and oxygen atoms in total. The van der Waals surface area contributed by atoms with Crippen LogP contribution in [0, 0.1) is 5.92 Å². The van der Waals surface area contributed by atoms with Gasteiger partial charge in [0, 0.05) is 12.3 Å². The van der Waals surface area contributed by atoms with E-state index in [0.29, 0.717) is 6.42 Å². The maximum absolute atomic E-state index is 12.9. The van der Waals surface area contributed by atoms with E-state index in [9.17, 15) is 9.59 Å². The van der Waals surface area contributed by atoms with E-state index in [0.717, 1.165) is 38.5 Å². The van der Waals surface area contributed by atoms with Gasteiger partial charge in [0.15, 0.2) is 0 Å². The van der Waals surface area contributed by atoms with Gasteiger partial charge in [0.25, 0.3) is 0 Å². The van der Waals surface area contributed by atoms with Crippen molar-refractivity contribution in [3.63, 3.8) is 0 Å². The van der Waals surface area contributed by atoms with Gasteiger partial charge in [-0.25, -0.2) is 0 Å². The summed E-state index contributed by atoms with van der Waals surface area (Å²) < 4.78 is 0. The average molecular weight is 548 g/mol.